The lowest BCUT2D eigenvalue weighted by molar-refractivity contribution is 0.995. The number of para-hydroxylation sites is 2. The molecule has 0 saturated carbocycles. The van der Waals surface area contributed by atoms with E-state index >= 15 is 0 Å². The number of aromatic nitrogens is 4. The van der Waals surface area contributed by atoms with Crippen LogP contribution >= 0.6 is 0 Å². The number of benzene rings is 9. The van der Waals surface area contributed by atoms with Crippen molar-refractivity contribution in [2.75, 3.05) is 4.90 Å². The average Bonchev–Trinajstić information content (AvgIpc) is 3.88. The monoisotopic (exact) mass is 833 g/mol. The molecule has 0 aliphatic heterocycles. The smallest absolute Gasteiger partial charge is 0.235 e. The molecule has 0 aliphatic rings. The molecular weight excluding hydrogens is 791 g/mol. The second kappa shape index (κ2) is 15.7. The van der Waals surface area contributed by atoms with Crippen LogP contribution in [-0.2, 0) is 0 Å². The summed E-state index contributed by atoms with van der Waals surface area (Å²) in [6, 6.07) is 80.4. The van der Waals surface area contributed by atoms with Crippen LogP contribution in [0.15, 0.2) is 224 Å². The van der Waals surface area contributed by atoms with Gasteiger partial charge < -0.3 is 9.47 Å². The van der Waals surface area contributed by atoms with Gasteiger partial charge in [0.05, 0.1) is 33.5 Å². The summed E-state index contributed by atoms with van der Waals surface area (Å²) < 4.78 is 4.61. The van der Waals surface area contributed by atoms with E-state index in [0.29, 0.717) is 5.95 Å². The van der Waals surface area contributed by atoms with Crippen LogP contribution in [0.4, 0.5) is 17.1 Å². The molecule has 0 spiro atoms. The van der Waals surface area contributed by atoms with Gasteiger partial charge in [-0.3, -0.25) is 4.57 Å². The van der Waals surface area contributed by atoms with E-state index in [0.717, 1.165) is 78.2 Å². The van der Waals surface area contributed by atoms with E-state index in [4.69, 9.17) is 9.97 Å². The molecule has 0 amide bonds. The fraction of sp³-hybridized carbons (Fsp3) is 0.0333. The quantitative estimate of drug-likeness (QED) is 0.153. The van der Waals surface area contributed by atoms with Gasteiger partial charge >= 0.3 is 0 Å². The molecule has 308 valence electrons. The molecule has 0 N–H and O–H groups in total. The first kappa shape index (κ1) is 38.2. The van der Waals surface area contributed by atoms with Gasteiger partial charge in [-0.05, 0) is 116 Å². The summed E-state index contributed by atoms with van der Waals surface area (Å²) in [5.41, 5.74) is 17.6. The molecule has 3 heterocycles. The Balaban J connectivity index is 0.961. The van der Waals surface area contributed by atoms with Gasteiger partial charge in [-0.25, -0.2) is 9.97 Å². The first-order valence-corrected chi connectivity index (χ1v) is 22.2. The lowest BCUT2D eigenvalue weighted by atomic mass is 10.0. The molecule has 0 atom stereocenters. The Morgan fingerprint density at radius 1 is 0.323 bits per heavy atom. The summed E-state index contributed by atoms with van der Waals surface area (Å²) in [7, 11) is 0. The Hall–Kier alpha value is -8.54. The highest BCUT2D eigenvalue weighted by molar-refractivity contribution is 6.12. The Morgan fingerprint density at radius 2 is 0.723 bits per heavy atom. The van der Waals surface area contributed by atoms with Gasteiger partial charge in [0.2, 0.25) is 5.95 Å². The van der Waals surface area contributed by atoms with Crippen LogP contribution in [-0.4, -0.2) is 19.1 Å². The lowest BCUT2D eigenvalue weighted by Gasteiger charge is -2.26. The Bertz CT molecular complexity index is 3600. The molecule has 0 unspecified atom stereocenters. The number of hydrogen-bond acceptors (Lipinski definition) is 3. The fourth-order valence-corrected chi connectivity index (χ4v) is 9.43. The highest BCUT2D eigenvalue weighted by Crippen LogP contribution is 2.40. The van der Waals surface area contributed by atoms with Crippen molar-refractivity contribution in [1.82, 2.24) is 19.1 Å². The number of hydrogen-bond donors (Lipinski definition) is 0. The van der Waals surface area contributed by atoms with E-state index in [2.05, 4.69) is 240 Å². The number of nitrogens with zero attached hydrogens (tertiary/aromatic N) is 5. The number of fused-ring (bicyclic) bond motifs is 6. The Labute approximate surface area is 377 Å². The fourth-order valence-electron chi connectivity index (χ4n) is 9.43. The summed E-state index contributed by atoms with van der Waals surface area (Å²) >= 11 is 0. The molecule has 0 fully saturated rings. The summed E-state index contributed by atoms with van der Waals surface area (Å²) in [5, 5.41) is 4.74. The highest BCUT2D eigenvalue weighted by atomic mass is 15.2. The number of anilines is 3. The minimum Gasteiger partial charge on any atom is -0.311 e. The van der Waals surface area contributed by atoms with E-state index in [1.54, 1.807) is 0 Å². The molecule has 12 rings (SSSR count). The Kier molecular flexibility index (Phi) is 9.20. The van der Waals surface area contributed by atoms with Crippen molar-refractivity contribution in [3.8, 4) is 45.3 Å². The predicted molar refractivity (Wildman–Crippen MR) is 271 cm³/mol. The second-order valence-corrected chi connectivity index (χ2v) is 16.9. The maximum atomic E-state index is 5.24. The zero-order chi connectivity index (χ0) is 43.4. The van der Waals surface area contributed by atoms with Crippen molar-refractivity contribution in [3.05, 3.63) is 236 Å². The summed E-state index contributed by atoms with van der Waals surface area (Å²) in [6.45, 7) is 4.26. The largest absolute Gasteiger partial charge is 0.311 e. The van der Waals surface area contributed by atoms with Crippen molar-refractivity contribution in [2.24, 2.45) is 0 Å². The normalized spacial score (nSPS) is 11.5. The van der Waals surface area contributed by atoms with Gasteiger partial charge in [0, 0.05) is 55.4 Å². The van der Waals surface area contributed by atoms with Crippen LogP contribution in [0.3, 0.4) is 0 Å². The maximum Gasteiger partial charge on any atom is 0.235 e. The minimum absolute atomic E-state index is 0.643. The molecule has 0 saturated heterocycles. The molecule has 5 nitrogen and oxygen atoms in total. The topological polar surface area (TPSA) is 38.9 Å². The van der Waals surface area contributed by atoms with Crippen LogP contribution in [0, 0.1) is 13.8 Å². The molecular formula is C60H43N5. The van der Waals surface area contributed by atoms with Crippen LogP contribution in [0.1, 0.15) is 11.1 Å². The van der Waals surface area contributed by atoms with Crippen molar-refractivity contribution in [2.45, 2.75) is 13.8 Å². The van der Waals surface area contributed by atoms with Crippen LogP contribution in [0.5, 0.6) is 0 Å². The first-order valence-electron chi connectivity index (χ1n) is 22.2. The molecule has 0 aliphatic carbocycles. The van der Waals surface area contributed by atoms with Crippen molar-refractivity contribution in [1.29, 1.82) is 0 Å². The van der Waals surface area contributed by atoms with Gasteiger partial charge in [-0.1, -0.05) is 145 Å². The first-order chi connectivity index (χ1) is 32.0. The predicted octanol–water partition coefficient (Wildman–Crippen LogP) is 15.8. The Morgan fingerprint density at radius 3 is 1.22 bits per heavy atom. The standard InChI is InChI=1S/C60H43N5/c1-40-21-27-46(28-22-40)63(47-29-23-41(2)24-30-47)48-31-33-49(34-32-48)64-56-19-11-9-17-50(56)52-37-44(25-35-58(52)64)45-26-36-59-53(38-45)51-18-10-12-20-57(51)65(59)60-61-54(42-13-5-3-6-14-42)39-55(62-60)43-15-7-4-8-16-43/h3-39H,1-2H3. The highest BCUT2D eigenvalue weighted by Gasteiger charge is 2.20. The van der Waals surface area contributed by atoms with E-state index in [1.807, 2.05) is 12.1 Å². The van der Waals surface area contributed by atoms with Crippen LogP contribution < -0.4 is 4.90 Å². The van der Waals surface area contributed by atoms with E-state index < -0.39 is 0 Å². The van der Waals surface area contributed by atoms with Crippen LogP contribution in [0.2, 0.25) is 0 Å². The third-order valence-electron chi connectivity index (χ3n) is 12.7. The molecule has 0 bridgehead atoms. The average molecular weight is 834 g/mol. The van der Waals surface area contributed by atoms with E-state index in [1.165, 1.54) is 32.9 Å². The second-order valence-electron chi connectivity index (χ2n) is 16.9. The minimum atomic E-state index is 0.643. The van der Waals surface area contributed by atoms with Gasteiger partial charge in [0.25, 0.3) is 0 Å². The maximum absolute atomic E-state index is 5.24. The SMILES string of the molecule is Cc1ccc(N(c2ccc(C)cc2)c2ccc(-n3c4ccccc4c4cc(-c5ccc6c(c5)c5ccccc5n6-c5nc(-c6ccccc6)cc(-c6ccccc6)n5)ccc43)cc2)cc1. The van der Waals surface area contributed by atoms with Crippen molar-refractivity contribution in [3.63, 3.8) is 0 Å². The van der Waals surface area contributed by atoms with Gasteiger partial charge in [0.1, 0.15) is 0 Å². The molecule has 9 aromatic carbocycles. The van der Waals surface area contributed by atoms with Gasteiger partial charge in [-0.2, -0.15) is 0 Å². The number of aryl methyl sites for hydroxylation is 2. The third kappa shape index (κ3) is 6.73. The van der Waals surface area contributed by atoms with Crippen molar-refractivity contribution < 1.29 is 0 Å². The zero-order valence-corrected chi connectivity index (χ0v) is 36.1. The molecule has 12 aromatic rings. The van der Waals surface area contributed by atoms with Crippen LogP contribution in [0.25, 0.3) is 88.9 Å². The summed E-state index contributed by atoms with van der Waals surface area (Å²) in [5.74, 6) is 0.643. The summed E-state index contributed by atoms with van der Waals surface area (Å²) in [6.07, 6.45) is 0. The zero-order valence-electron chi connectivity index (χ0n) is 36.1. The molecule has 0 radical (unpaired) electrons. The van der Waals surface area contributed by atoms with Gasteiger partial charge in [-0.15, -0.1) is 0 Å². The van der Waals surface area contributed by atoms with Crippen molar-refractivity contribution >= 4 is 60.7 Å². The summed E-state index contributed by atoms with van der Waals surface area (Å²) in [4.78, 5) is 12.8. The third-order valence-corrected chi connectivity index (χ3v) is 12.7. The molecule has 5 heteroatoms. The molecule has 3 aromatic heterocycles. The van der Waals surface area contributed by atoms with E-state index in [-0.39, 0.29) is 0 Å². The van der Waals surface area contributed by atoms with E-state index in [9.17, 15) is 0 Å². The van der Waals surface area contributed by atoms with Gasteiger partial charge in [0.15, 0.2) is 0 Å². The molecule has 65 heavy (non-hydrogen) atoms. The lowest BCUT2D eigenvalue weighted by Crippen LogP contribution is -2.10. The number of rotatable bonds is 8.